The largest absolute Gasteiger partial charge is 0.379 e. The molecule has 6 heteroatoms. The molecule has 136 valence electrons. The summed E-state index contributed by atoms with van der Waals surface area (Å²) in [6, 6.07) is 0. The topological polar surface area (TPSA) is 61.6 Å². The Kier molecular flexibility index (Phi) is 5.40. The zero-order valence-electron chi connectivity index (χ0n) is 16.0. The summed E-state index contributed by atoms with van der Waals surface area (Å²) in [4.78, 5) is 16.7. The lowest BCUT2D eigenvalue weighted by Gasteiger charge is -2.42. The van der Waals surface area contributed by atoms with Crippen LogP contribution in [-0.2, 0) is 18.4 Å². The molecule has 6 nitrogen and oxygen atoms in total. The van der Waals surface area contributed by atoms with Gasteiger partial charge >= 0.3 is 0 Å². The number of aromatic nitrogens is 2. The Hall–Kier alpha value is -1.40. The van der Waals surface area contributed by atoms with Crippen molar-refractivity contribution in [3.63, 3.8) is 0 Å². The van der Waals surface area contributed by atoms with Gasteiger partial charge in [-0.05, 0) is 32.2 Å². The molecule has 2 rings (SSSR count). The highest BCUT2D eigenvalue weighted by atomic mass is 16.3. The van der Waals surface area contributed by atoms with E-state index in [0.29, 0.717) is 26.1 Å². The Morgan fingerprint density at radius 3 is 2.62 bits per heavy atom. The lowest BCUT2D eigenvalue weighted by molar-refractivity contribution is -0.160. The van der Waals surface area contributed by atoms with Crippen molar-refractivity contribution >= 4 is 5.91 Å². The normalized spacial score (nSPS) is 22.5. The zero-order valence-corrected chi connectivity index (χ0v) is 16.0. The molecule has 0 unspecified atom stereocenters. The maximum atomic E-state index is 12.8. The minimum Gasteiger partial charge on any atom is -0.379 e. The quantitative estimate of drug-likeness (QED) is 0.886. The summed E-state index contributed by atoms with van der Waals surface area (Å²) >= 11 is 0. The number of amides is 1. The minimum atomic E-state index is -1.28. The number of hydrogen-bond acceptors (Lipinski definition) is 4. The van der Waals surface area contributed by atoms with Crippen LogP contribution < -0.4 is 0 Å². The highest BCUT2D eigenvalue weighted by molar-refractivity contribution is 5.86. The van der Waals surface area contributed by atoms with Gasteiger partial charge in [-0.2, -0.15) is 5.10 Å². The van der Waals surface area contributed by atoms with E-state index in [4.69, 9.17) is 0 Å². The number of aliphatic hydroxyl groups is 1. The van der Waals surface area contributed by atoms with Crippen molar-refractivity contribution in [1.29, 1.82) is 0 Å². The first-order valence-corrected chi connectivity index (χ1v) is 8.70. The average Bonchev–Trinajstić information content (AvgIpc) is 2.71. The number of likely N-dealkylation sites (tertiary alicyclic amines) is 1. The molecule has 1 amide bonds. The lowest BCUT2D eigenvalue weighted by Crippen LogP contribution is -2.59. The van der Waals surface area contributed by atoms with Gasteiger partial charge < -0.3 is 10.0 Å². The first-order chi connectivity index (χ1) is 11.0. The second-order valence-corrected chi connectivity index (χ2v) is 8.51. The van der Waals surface area contributed by atoms with E-state index in [1.165, 1.54) is 0 Å². The van der Waals surface area contributed by atoms with Gasteiger partial charge in [0.2, 0.25) is 0 Å². The van der Waals surface area contributed by atoms with E-state index >= 15 is 0 Å². The maximum Gasteiger partial charge on any atom is 0.255 e. The Bertz CT molecular complexity index is 590. The van der Waals surface area contributed by atoms with Gasteiger partial charge in [-0.3, -0.25) is 14.4 Å². The van der Waals surface area contributed by atoms with Gasteiger partial charge in [-0.1, -0.05) is 20.8 Å². The number of carbonyl (C=O) groups is 1. The number of piperidine rings is 1. The van der Waals surface area contributed by atoms with Crippen LogP contribution in [0.15, 0.2) is 6.20 Å². The van der Waals surface area contributed by atoms with Gasteiger partial charge in [-0.25, -0.2) is 0 Å². The van der Waals surface area contributed by atoms with Gasteiger partial charge in [0.1, 0.15) is 0 Å². The third kappa shape index (κ3) is 4.57. The molecule has 0 aliphatic carbocycles. The molecule has 1 aliphatic heterocycles. The van der Waals surface area contributed by atoms with E-state index in [1.54, 1.807) is 4.68 Å². The van der Waals surface area contributed by atoms with Crippen LogP contribution in [0.4, 0.5) is 0 Å². The molecule has 0 radical (unpaired) electrons. The molecule has 1 atom stereocenters. The smallest absolute Gasteiger partial charge is 0.255 e. The van der Waals surface area contributed by atoms with Gasteiger partial charge in [0.15, 0.2) is 5.60 Å². The summed E-state index contributed by atoms with van der Waals surface area (Å²) in [5.41, 5.74) is 0.861. The number of nitrogens with zero attached hydrogens (tertiary/aromatic N) is 4. The van der Waals surface area contributed by atoms with Crippen LogP contribution in [0.25, 0.3) is 0 Å². The summed E-state index contributed by atoms with van der Waals surface area (Å²) in [5.74, 6) is -0.126. The van der Waals surface area contributed by atoms with Crippen LogP contribution in [0.3, 0.4) is 0 Å². The molecular formula is C18H32N4O2. The van der Waals surface area contributed by atoms with Crippen LogP contribution >= 0.6 is 0 Å². The Morgan fingerprint density at radius 2 is 2.08 bits per heavy atom. The highest BCUT2D eigenvalue weighted by Gasteiger charge is 2.43. The molecule has 1 fully saturated rings. The van der Waals surface area contributed by atoms with E-state index in [1.807, 2.05) is 37.0 Å². The number of likely N-dealkylation sites (N-methyl/N-ethyl adjacent to an activating group) is 1. The number of carbonyl (C=O) groups excluding carboxylic acids is 1. The summed E-state index contributed by atoms with van der Waals surface area (Å²) < 4.78 is 1.80. The third-order valence-electron chi connectivity index (χ3n) is 4.46. The first kappa shape index (κ1) is 18.9. The SMILES string of the molecule is Cc1nn(C)cc1CN(C)C[C@]1(O)CCCN(CC(C)(C)C)C1=O. The first-order valence-electron chi connectivity index (χ1n) is 8.70. The van der Waals surface area contributed by atoms with E-state index in [2.05, 4.69) is 25.9 Å². The molecule has 0 saturated carbocycles. The van der Waals surface area contributed by atoms with Crippen LogP contribution in [0, 0.1) is 12.3 Å². The molecule has 1 aromatic heterocycles. The lowest BCUT2D eigenvalue weighted by atomic mass is 9.88. The average molecular weight is 336 g/mol. The van der Waals surface area contributed by atoms with Crippen LogP contribution in [0.1, 0.15) is 44.9 Å². The summed E-state index contributed by atoms with van der Waals surface area (Å²) in [6.07, 6.45) is 3.37. The predicted molar refractivity (Wildman–Crippen MR) is 94.5 cm³/mol. The van der Waals surface area contributed by atoms with Gasteiger partial charge in [0.25, 0.3) is 5.91 Å². The molecule has 1 N–H and O–H groups in total. The van der Waals surface area contributed by atoms with Crippen molar-refractivity contribution in [1.82, 2.24) is 19.6 Å². The summed E-state index contributed by atoms with van der Waals surface area (Å²) in [6.45, 7) is 10.8. The van der Waals surface area contributed by atoms with Crippen molar-refractivity contribution in [2.45, 2.75) is 52.7 Å². The number of rotatable bonds is 5. The fourth-order valence-electron chi connectivity index (χ4n) is 3.53. The molecule has 1 saturated heterocycles. The minimum absolute atomic E-state index is 0.0344. The van der Waals surface area contributed by atoms with Crippen LogP contribution in [0.5, 0.6) is 0 Å². The number of aryl methyl sites for hydroxylation is 2. The fourth-order valence-corrected chi connectivity index (χ4v) is 3.53. The summed E-state index contributed by atoms with van der Waals surface area (Å²) in [7, 11) is 3.85. The second-order valence-electron chi connectivity index (χ2n) is 8.51. The molecule has 0 spiro atoms. The second kappa shape index (κ2) is 6.84. The van der Waals surface area contributed by atoms with E-state index in [9.17, 15) is 9.90 Å². The van der Waals surface area contributed by atoms with Crippen molar-refractivity contribution in [2.24, 2.45) is 12.5 Å². The number of hydrogen-bond donors (Lipinski definition) is 1. The third-order valence-corrected chi connectivity index (χ3v) is 4.46. The van der Waals surface area contributed by atoms with Gasteiger partial charge in [-0.15, -0.1) is 0 Å². The van der Waals surface area contributed by atoms with Crippen molar-refractivity contribution in [3.05, 3.63) is 17.5 Å². The Balaban J connectivity index is 2.03. The standard InChI is InChI=1S/C18H32N4O2/c1-14-15(11-21(6)19-14)10-20(5)13-18(24)8-7-9-22(16(18)23)12-17(2,3)4/h11,24H,7-10,12-13H2,1-6H3/t18-/m1/s1. The van der Waals surface area contributed by atoms with Crippen molar-refractivity contribution in [3.8, 4) is 0 Å². The van der Waals surface area contributed by atoms with Crippen molar-refractivity contribution in [2.75, 3.05) is 26.7 Å². The van der Waals surface area contributed by atoms with Crippen LogP contribution in [-0.4, -0.2) is 62.9 Å². The molecule has 1 aliphatic rings. The molecule has 1 aromatic rings. The van der Waals surface area contributed by atoms with E-state index < -0.39 is 5.60 Å². The Morgan fingerprint density at radius 1 is 1.42 bits per heavy atom. The zero-order chi connectivity index (χ0) is 18.1. The molecule has 0 aromatic carbocycles. The molecule has 0 bridgehead atoms. The van der Waals surface area contributed by atoms with Crippen molar-refractivity contribution < 1.29 is 9.90 Å². The molecular weight excluding hydrogens is 304 g/mol. The predicted octanol–water partition coefficient (Wildman–Crippen LogP) is 1.56. The van der Waals surface area contributed by atoms with E-state index in [-0.39, 0.29) is 11.3 Å². The van der Waals surface area contributed by atoms with E-state index in [0.717, 1.165) is 24.2 Å². The molecule has 2 heterocycles. The molecule has 24 heavy (non-hydrogen) atoms. The van der Waals surface area contributed by atoms with Gasteiger partial charge in [0, 0.05) is 45.0 Å². The monoisotopic (exact) mass is 336 g/mol. The fraction of sp³-hybridized carbons (Fsp3) is 0.778. The highest BCUT2D eigenvalue weighted by Crippen LogP contribution is 2.27. The summed E-state index contributed by atoms with van der Waals surface area (Å²) in [5, 5.41) is 15.3. The van der Waals surface area contributed by atoms with Gasteiger partial charge in [0.05, 0.1) is 5.69 Å². The van der Waals surface area contributed by atoms with Crippen LogP contribution in [0.2, 0.25) is 0 Å². The maximum absolute atomic E-state index is 12.8. The Labute approximate surface area is 145 Å².